The van der Waals surface area contributed by atoms with Crippen molar-refractivity contribution in [2.75, 3.05) is 13.1 Å². The standard InChI is InChI=1S/C19H28N4O2/c1-6-7-17(20-5)23-11-14(9-21-23)10-22-12-15(18(24)25)8-16(13-22)19(2,3)4/h6-7,9,11,15-16H,1,5,8,10,12-13H2,2-4H3,(H,24,25)/b17-7+. The molecular formula is C19H28N4O2. The second-order valence-corrected chi connectivity index (χ2v) is 7.74. The van der Waals surface area contributed by atoms with Crippen LogP contribution in [0.25, 0.3) is 5.82 Å². The summed E-state index contributed by atoms with van der Waals surface area (Å²) in [5.41, 5.74) is 1.11. The molecule has 0 aliphatic carbocycles. The predicted octanol–water partition coefficient (Wildman–Crippen LogP) is 3.14. The fourth-order valence-corrected chi connectivity index (χ4v) is 3.26. The fraction of sp³-hybridized carbons (Fsp3) is 0.526. The Morgan fingerprint density at radius 2 is 2.20 bits per heavy atom. The number of carboxylic acid groups (broad SMARTS) is 1. The molecule has 1 fully saturated rings. The number of hydrogen-bond donors (Lipinski definition) is 1. The molecule has 1 aliphatic rings. The Kier molecular flexibility index (Phi) is 5.95. The third kappa shape index (κ3) is 4.89. The van der Waals surface area contributed by atoms with Crippen molar-refractivity contribution < 1.29 is 9.90 Å². The Morgan fingerprint density at radius 1 is 1.48 bits per heavy atom. The van der Waals surface area contributed by atoms with Gasteiger partial charge in [0, 0.05) is 31.4 Å². The first-order valence-electron chi connectivity index (χ1n) is 8.53. The lowest BCUT2D eigenvalue weighted by molar-refractivity contribution is -0.145. The molecule has 2 heterocycles. The van der Waals surface area contributed by atoms with Crippen LogP contribution in [0.1, 0.15) is 32.8 Å². The number of aromatic nitrogens is 2. The molecule has 2 unspecified atom stereocenters. The van der Waals surface area contributed by atoms with Crippen LogP contribution in [0.4, 0.5) is 0 Å². The molecule has 0 aromatic carbocycles. The molecule has 25 heavy (non-hydrogen) atoms. The summed E-state index contributed by atoms with van der Waals surface area (Å²) in [5.74, 6) is -0.0693. The maximum absolute atomic E-state index is 11.5. The van der Waals surface area contributed by atoms with Crippen LogP contribution >= 0.6 is 0 Å². The lowest BCUT2D eigenvalue weighted by Crippen LogP contribution is -2.46. The number of nitrogens with zero attached hydrogens (tertiary/aromatic N) is 4. The van der Waals surface area contributed by atoms with Crippen molar-refractivity contribution in [2.45, 2.75) is 33.7 Å². The molecular weight excluding hydrogens is 316 g/mol. The highest BCUT2D eigenvalue weighted by atomic mass is 16.4. The highest BCUT2D eigenvalue weighted by Gasteiger charge is 2.37. The number of carbonyl (C=O) groups is 1. The first-order chi connectivity index (χ1) is 11.7. The summed E-state index contributed by atoms with van der Waals surface area (Å²) in [6.07, 6.45) is 7.81. The molecule has 6 heteroatoms. The number of likely N-dealkylation sites (tertiary alicyclic amines) is 1. The number of piperidine rings is 1. The average molecular weight is 344 g/mol. The van der Waals surface area contributed by atoms with Crippen molar-refractivity contribution in [2.24, 2.45) is 22.2 Å². The fourth-order valence-electron chi connectivity index (χ4n) is 3.26. The number of carboxylic acids is 1. The molecule has 0 spiro atoms. The molecule has 0 bridgehead atoms. The van der Waals surface area contributed by atoms with E-state index in [0.717, 1.165) is 18.5 Å². The quantitative estimate of drug-likeness (QED) is 0.636. The maximum Gasteiger partial charge on any atom is 0.307 e. The molecule has 1 aliphatic heterocycles. The van der Waals surface area contributed by atoms with Crippen LogP contribution in [-0.2, 0) is 11.3 Å². The molecule has 136 valence electrons. The Morgan fingerprint density at radius 3 is 2.76 bits per heavy atom. The predicted molar refractivity (Wildman–Crippen MR) is 100 cm³/mol. The van der Waals surface area contributed by atoms with Gasteiger partial charge in [-0.25, -0.2) is 9.67 Å². The zero-order valence-corrected chi connectivity index (χ0v) is 15.4. The van der Waals surface area contributed by atoms with Crippen LogP contribution in [0.2, 0.25) is 0 Å². The van der Waals surface area contributed by atoms with Crippen molar-refractivity contribution >= 4 is 18.5 Å². The summed E-state index contributed by atoms with van der Waals surface area (Å²) in [5, 5.41) is 13.8. The summed E-state index contributed by atoms with van der Waals surface area (Å²) < 4.78 is 1.66. The minimum atomic E-state index is -0.707. The lowest BCUT2D eigenvalue weighted by atomic mass is 9.73. The maximum atomic E-state index is 11.5. The van der Waals surface area contributed by atoms with Gasteiger partial charge in [-0.15, -0.1) is 0 Å². The molecule has 1 aromatic heterocycles. The van der Waals surface area contributed by atoms with Crippen molar-refractivity contribution in [3.8, 4) is 0 Å². The van der Waals surface area contributed by atoms with E-state index in [0.29, 0.717) is 24.8 Å². The van der Waals surface area contributed by atoms with E-state index in [1.54, 1.807) is 23.0 Å². The Bertz CT molecular complexity index is 669. The van der Waals surface area contributed by atoms with Gasteiger partial charge in [0.1, 0.15) is 0 Å². The minimum absolute atomic E-state index is 0.0865. The Balaban J connectivity index is 2.14. The summed E-state index contributed by atoms with van der Waals surface area (Å²) in [7, 11) is 0. The average Bonchev–Trinajstić information content (AvgIpc) is 2.99. The number of allylic oxidation sites excluding steroid dienone is 2. The summed E-state index contributed by atoms with van der Waals surface area (Å²) in [6.45, 7) is 15.9. The highest BCUT2D eigenvalue weighted by molar-refractivity contribution is 5.70. The van der Waals surface area contributed by atoms with Gasteiger partial charge in [0.2, 0.25) is 0 Å². The molecule has 2 atom stereocenters. The highest BCUT2D eigenvalue weighted by Crippen LogP contribution is 2.36. The van der Waals surface area contributed by atoms with Crippen molar-refractivity contribution in [1.29, 1.82) is 0 Å². The van der Waals surface area contributed by atoms with Crippen LogP contribution < -0.4 is 0 Å². The molecule has 0 amide bonds. The van der Waals surface area contributed by atoms with Gasteiger partial charge in [-0.2, -0.15) is 5.10 Å². The van der Waals surface area contributed by atoms with Crippen LogP contribution in [-0.4, -0.2) is 45.6 Å². The molecule has 0 saturated carbocycles. The van der Waals surface area contributed by atoms with Crippen LogP contribution in [0.15, 0.2) is 36.1 Å². The molecule has 1 saturated heterocycles. The van der Waals surface area contributed by atoms with Gasteiger partial charge in [-0.1, -0.05) is 33.4 Å². The monoisotopic (exact) mass is 344 g/mol. The van der Waals surface area contributed by atoms with Gasteiger partial charge in [0.05, 0.1) is 12.1 Å². The Hall–Kier alpha value is -2.21. The molecule has 6 nitrogen and oxygen atoms in total. The largest absolute Gasteiger partial charge is 0.481 e. The van der Waals surface area contributed by atoms with E-state index in [4.69, 9.17) is 0 Å². The normalized spacial score (nSPS) is 22.6. The topological polar surface area (TPSA) is 70.7 Å². The summed E-state index contributed by atoms with van der Waals surface area (Å²) in [6, 6.07) is 0. The van der Waals surface area contributed by atoms with Crippen LogP contribution in [0.5, 0.6) is 0 Å². The number of aliphatic carboxylic acids is 1. The minimum Gasteiger partial charge on any atom is -0.481 e. The second-order valence-electron chi connectivity index (χ2n) is 7.74. The van der Waals surface area contributed by atoms with E-state index in [1.807, 2.05) is 6.20 Å². The third-order valence-electron chi connectivity index (χ3n) is 4.81. The van der Waals surface area contributed by atoms with E-state index in [2.05, 4.69) is 49.1 Å². The summed E-state index contributed by atoms with van der Waals surface area (Å²) in [4.78, 5) is 17.7. The van der Waals surface area contributed by atoms with E-state index >= 15 is 0 Å². The third-order valence-corrected chi connectivity index (χ3v) is 4.81. The van der Waals surface area contributed by atoms with Crippen LogP contribution in [0, 0.1) is 17.3 Å². The summed E-state index contributed by atoms with van der Waals surface area (Å²) >= 11 is 0. The Labute approximate surface area is 149 Å². The number of rotatable bonds is 6. The first kappa shape index (κ1) is 19.1. The molecule has 1 aromatic rings. The first-order valence-corrected chi connectivity index (χ1v) is 8.53. The van der Waals surface area contributed by atoms with E-state index < -0.39 is 5.97 Å². The number of hydrogen-bond acceptors (Lipinski definition) is 4. The zero-order valence-electron chi connectivity index (χ0n) is 15.4. The van der Waals surface area contributed by atoms with Gasteiger partial charge in [-0.3, -0.25) is 9.69 Å². The van der Waals surface area contributed by atoms with Gasteiger partial charge < -0.3 is 5.11 Å². The second kappa shape index (κ2) is 7.78. The SMILES string of the molecule is C=C/C=C(\N=C)n1cc(CN2CC(C(=O)O)CC(C(C)(C)C)C2)cn1. The van der Waals surface area contributed by atoms with E-state index in [9.17, 15) is 9.90 Å². The molecule has 0 radical (unpaired) electrons. The van der Waals surface area contributed by atoms with Gasteiger partial charge in [0.15, 0.2) is 5.82 Å². The van der Waals surface area contributed by atoms with E-state index in [1.165, 1.54) is 0 Å². The number of aliphatic imine (C=N–C) groups is 1. The van der Waals surface area contributed by atoms with Gasteiger partial charge in [-0.05, 0) is 30.5 Å². The molecule has 1 N–H and O–H groups in total. The van der Waals surface area contributed by atoms with Gasteiger partial charge in [0.25, 0.3) is 0 Å². The van der Waals surface area contributed by atoms with Gasteiger partial charge >= 0.3 is 5.97 Å². The lowest BCUT2D eigenvalue weighted by Gasteiger charge is -2.42. The van der Waals surface area contributed by atoms with E-state index in [-0.39, 0.29) is 11.3 Å². The van der Waals surface area contributed by atoms with Crippen LogP contribution in [0.3, 0.4) is 0 Å². The zero-order chi connectivity index (χ0) is 18.6. The smallest absolute Gasteiger partial charge is 0.307 e. The van der Waals surface area contributed by atoms with Crippen molar-refractivity contribution in [3.63, 3.8) is 0 Å². The van der Waals surface area contributed by atoms with Crippen molar-refractivity contribution in [1.82, 2.24) is 14.7 Å². The van der Waals surface area contributed by atoms with Crippen molar-refractivity contribution in [3.05, 3.63) is 36.7 Å². The molecule has 2 rings (SSSR count).